The Balaban J connectivity index is 2.04. The lowest BCUT2D eigenvalue weighted by Gasteiger charge is -2.08. The fourth-order valence-corrected chi connectivity index (χ4v) is 1.59. The molecule has 1 atom stereocenters. The molecule has 4 nitrogen and oxygen atoms in total. The molecule has 2 aromatic rings. The van der Waals surface area contributed by atoms with Gasteiger partial charge in [0.1, 0.15) is 11.5 Å². The summed E-state index contributed by atoms with van der Waals surface area (Å²) in [5.74, 6) is 2.00. The van der Waals surface area contributed by atoms with Crippen molar-refractivity contribution in [2.45, 2.75) is 20.0 Å². The van der Waals surface area contributed by atoms with E-state index >= 15 is 0 Å². The van der Waals surface area contributed by atoms with Gasteiger partial charge in [-0.15, -0.1) is 0 Å². The van der Waals surface area contributed by atoms with Crippen molar-refractivity contribution in [1.29, 1.82) is 0 Å². The van der Waals surface area contributed by atoms with Crippen LogP contribution >= 0.6 is 0 Å². The first-order chi connectivity index (χ1) is 9.19. The van der Waals surface area contributed by atoms with Gasteiger partial charge in [0.25, 0.3) is 0 Å². The average molecular weight is 259 g/mol. The predicted molar refractivity (Wildman–Crippen MR) is 72.6 cm³/mol. The SMILES string of the molecule is CCOc1ccc(Oc2ccc([C@@H](C)O)cn2)cc1. The maximum Gasteiger partial charge on any atom is 0.219 e. The highest BCUT2D eigenvalue weighted by Crippen LogP contribution is 2.23. The second-order valence-corrected chi connectivity index (χ2v) is 4.11. The standard InChI is InChI=1S/C15H17NO3/c1-3-18-13-5-7-14(8-6-13)19-15-9-4-12(10-16-15)11(2)17/h4-11,17H,3H2,1-2H3/t11-/m1/s1. The summed E-state index contributed by atoms with van der Waals surface area (Å²) in [4.78, 5) is 4.14. The predicted octanol–water partition coefficient (Wildman–Crippen LogP) is 3.33. The summed E-state index contributed by atoms with van der Waals surface area (Å²) < 4.78 is 11.0. The number of benzene rings is 1. The van der Waals surface area contributed by atoms with Crippen molar-refractivity contribution in [2.75, 3.05) is 6.61 Å². The van der Waals surface area contributed by atoms with Gasteiger partial charge in [0.05, 0.1) is 12.7 Å². The van der Waals surface area contributed by atoms with E-state index < -0.39 is 6.10 Å². The van der Waals surface area contributed by atoms with Crippen molar-refractivity contribution in [3.8, 4) is 17.4 Å². The van der Waals surface area contributed by atoms with Crippen LogP contribution in [0.1, 0.15) is 25.5 Å². The second-order valence-electron chi connectivity index (χ2n) is 4.11. The third-order valence-corrected chi connectivity index (χ3v) is 2.60. The Labute approximate surface area is 112 Å². The van der Waals surface area contributed by atoms with Gasteiger partial charge in [-0.1, -0.05) is 0 Å². The Hall–Kier alpha value is -2.07. The molecule has 0 aliphatic rings. The number of hydrogen-bond donors (Lipinski definition) is 1. The molecule has 0 aliphatic carbocycles. The van der Waals surface area contributed by atoms with Crippen molar-refractivity contribution in [2.24, 2.45) is 0 Å². The summed E-state index contributed by atoms with van der Waals surface area (Å²) in [6.07, 6.45) is 1.08. The van der Waals surface area contributed by atoms with Crippen LogP contribution in [0.4, 0.5) is 0 Å². The monoisotopic (exact) mass is 259 g/mol. The molecule has 1 N–H and O–H groups in total. The van der Waals surface area contributed by atoms with Crippen molar-refractivity contribution in [3.63, 3.8) is 0 Å². The van der Waals surface area contributed by atoms with E-state index in [0.717, 1.165) is 11.3 Å². The molecule has 19 heavy (non-hydrogen) atoms. The van der Waals surface area contributed by atoms with Crippen molar-refractivity contribution < 1.29 is 14.6 Å². The van der Waals surface area contributed by atoms with E-state index in [1.165, 1.54) is 0 Å². The summed E-state index contributed by atoms with van der Waals surface area (Å²) in [5.41, 5.74) is 0.763. The molecule has 2 rings (SSSR count). The van der Waals surface area contributed by atoms with Crippen LogP contribution in [-0.4, -0.2) is 16.7 Å². The Morgan fingerprint density at radius 2 is 1.79 bits per heavy atom. The van der Waals surface area contributed by atoms with Crippen molar-refractivity contribution in [1.82, 2.24) is 4.98 Å². The Morgan fingerprint density at radius 1 is 1.11 bits per heavy atom. The van der Waals surface area contributed by atoms with E-state index in [1.54, 1.807) is 25.3 Å². The minimum absolute atomic E-state index is 0.494. The summed E-state index contributed by atoms with van der Waals surface area (Å²) >= 11 is 0. The second kappa shape index (κ2) is 6.20. The third-order valence-electron chi connectivity index (χ3n) is 2.60. The quantitative estimate of drug-likeness (QED) is 0.894. The normalized spacial score (nSPS) is 11.9. The van der Waals surface area contributed by atoms with Gasteiger partial charge in [0.15, 0.2) is 0 Å². The third kappa shape index (κ3) is 3.69. The van der Waals surface area contributed by atoms with E-state index in [9.17, 15) is 5.11 Å². The van der Waals surface area contributed by atoms with Gasteiger partial charge < -0.3 is 14.6 Å². The molecule has 0 saturated carbocycles. The highest BCUT2D eigenvalue weighted by atomic mass is 16.5. The van der Waals surface area contributed by atoms with Crippen LogP contribution in [-0.2, 0) is 0 Å². The van der Waals surface area contributed by atoms with E-state index in [0.29, 0.717) is 18.2 Å². The lowest BCUT2D eigenvalue weighted by atomic mass is 10.2. The molecule has 0 unspecified atom stereocenters. The summed E-state index contributed by atoms with van der Waals surface area (Å²) in [5, 5.41) is 9.39. The highest BCUT2D eigenvalue weighted by Gasteiger charge is 2.03. The van der Waals surface area contributed by atoms with E-state index in [4.69, 9.17) is 9.47 Å². The van der Waals surface area contributed by atoms with Gasteiger partial charge in [0, 0.05) is 12.3 Å². The van der Waals surface area contributed by atoms with Crippen molar-refractivity contribution in [3.05, 3.63) is 48.2 Å². The maximum absolute atomic E-state index is 9.39. The molecule has 4 heteroatoms. The van der Waals surface area contributed by atoms with Crippen LogP contribution in [0.3, 0.4) is 0 Å². The molecule has 0 aliphatic heterocycles. The Bertz CT molecular complexity index is 506. The minimum atomic E-state index is -0.521. The minimum Gasteiger partial charge on any atom is -0.494 e. The number of hydrogen-bond acceptors (Lipinski definition) is 4. The van der Waals surface area contributed by atoms with E-state index in [1.807, 2.05) is 31.2 Å². The number of aliphatic hydroxyl groups excluding tert-OH is 1. The topological polar surface area (TPSA) is 51.6 Å². The summed E-state index contributed by atoms with van der Waals surface area (Å²) in [7, 11) is 0. The molecule has 1 aromatic carbocycles. The van der Waals surface area contributed by atoms with Gasteiger partial charge in [-0.2, -0.15) is 0 Å². The van der Waals surface area contributed by atoms with E-state index in [-0.39, 0.29) is 0 Å². The fraction of sp³-hybridized carbons (Fsp3) is 0.267. The molecule has 1 heterocycles. The molecule has 0 spiro atoms. The zero-order valence-electron chi connectivity index (χ0n) is 11.0. The van der Waals surface area contributed by atoms with Crippen LogP contribution < -0.4 is 9.47 Å². The number of aliphatic hydroxyl groups is 1. The summed E-state index contributed by atoms with van der Waals surface area (Å²) in [6.45, 7) is 4.28. The number of aromatic nitrogens is 1. The Morgan fingerprint density at radius 3 is 2.32 bits per heavy atom. The first-order valence-corrected chi connectivity index (χ1v) is 6.23. The van der Waals surface area contributed by atoms with Crippen LogP contribution in [0.25, 0.3) is 0 Å². The van der Waals surface area contributed by atoms with Gasteiger partial charge >= 0.3 is 0 Å². The zero-order valence-corrected chi connectivity index (χ0v) is 11.0. The van der Waals surface area contributed by atoms with Gasteiger partial charge in [0.2, 0.25) is 5.88 Å². The van der Waals surface area contributed by atoms with Crippen LogP contribution in [0.5, 0.6) is 17.4 Å². The molecular formula is C15H17NO3. The van der Waals surface area contributed by atoms with Crippen LogP contribution in [0, 0.1) is 0 Å². The molecule has 0 bridgehead atoms. The van der Waals surface area contributed by atoms with Crippen LogP contribution in [0.15, 0.2) is 42.6 Å². The van der Waals surface area contributed by atoms with Gasteiger partial charge in [-0.05, 0) is 49.7 Å². The number of rotatable bonds is 5. The molecule has 1 aromatic heterocycles. The molecule has 0 saturated heterocycles. The number of nitrogens with zero attached hydrogens (tertiary/aromatic N) is 1. The smallest absolute Gasteiger partial charge is 0.219 e. The molecule has 0 radical (unpaired) electrons. The van der Waals surface area contributed by atoms with Crippen molar-refractivity contribution >= 4 is 0 Å². The first kappa shape index (κ1) is 13.4. The average Bonchev–Trinajstić information content (AvgIpc) is 2.42. The first-order valence-electron chi connectivity index (χ1n) is 6.23. The molecular weight excluding hydrogens is 242 g/mol. The number of pyridine rings is 1. The molecule has 100 valence electrons. The van der Waals surface area contributed by atoms with Gasteiger partial charge in [-0.25, -0.2) is 4.98 Å². The summed E-state index contributed by atoms with van der Waals surface area (Å²) in [6, 6.07) is 10.9. The van der Waals surface area contributed by atoms with E-state index in [2.05, 4.69) is 4.98 Å². The highest BCUT2D eigenvalue weighted by molar-refractivity contribution is 5.33. The number of ether oxygens (including phenoxy) is 2. The van der Waals surface area contributed by atoms with Crippen LogP contribution in [0.2, 0.25) is 0 Å². The molecule has 0 fully saturated rings. The fourth-order valence-electron chi connectivity index (χ4n) is 1.59. The lowest BCUT2D eigenvalue weighted by Crippen LogP contribution is -1.94. The zero-order chi connectivity index (χ0) is 13.7. The maximum atomic E-state index is 9.39. The Kier molecular flexibility index (Phi) is 4.36. The largest absolute Gasteiger partial charge is 0.494 e. The molecule has 0 amide bonds. The lowest BCUT2D eigenvalue weighted by molar-refractivity contribution is 0.198. The van der Waals surface area contributed by atoms with Gasteiger partial charge in [-0.3, -0.25) is 0 Å².